The standard InChI is InChI=1S/C13H9F2NOS/c14-9-3-4-11(10(15)8-9)16-6-5-12(17)13-2-1-7-18-13/h1-4,6-8H,5H2. The molecule has 1 heterocycles. The van der Waals surface area contributed by atoms with Gasteiger partial charge in [0.15, 0.2) is 11.6 Å². The van der Waals surface area contributed by atoms with Crippen LogP contribution in [0.3, 0.4) is 0 Å². The molecule has 0 saturated carbocycles. The van der Waals surface area contributed by atoms with Crippen molar-refractivity contribution in [2.45, 2.75) is 6.42 Å². The number of aliphatic imine (C=N–C) groups is 1. The zero-order valence-corrected chi connectivity index (χ0v) is 10.1. The molecular weight excluding hydrogens is 256 g/mol. The molecule has 5 heteroatoms. The number of Topliss-reactive ketones (excluding diaryl/α,β-unsaturated/α-hetero) is 1. The summed E-state index contributed by atoms with van der Waals surface area (Å²) in [6.45, 7) is 0. The van der Waals surface area contributed by atoms with E-state index in [4.69, 9.17) is 0 Å². The van der Waals surface area contributed by atoms with Gasteiger partial charge in [-0.3, -0.25) is 9.79 Å². The summed E-state index contributed by atoms with van der Waals surface area (Å²) in [6.07, 6.45) is 1.43. The van der Waals surface area contributed by atoms with Gasteiger partial charge < -0.3 is 0 Å². The molecule has 0 saturated heterocycles. The van der Waals surface area contributed by atoms with Crippen LogP contribution >= 0.6 is 11.3 Å². The van der Waals surface area contributed by atoms with Gasteiger partial charge >= 0.3 is 0 Å². The second-order valence-corrected chi connectivity index (χ2v) is 4.46. The van der Waals surface area contributed by atoms with Crippen LogP contribution in [0.1, 0.15) is 16.1 Å². The number of benzene rings is 1. The zero-order chi connectivity index (χ0) is 13.0. The minimum atomic E-state index is -0.741. The molecule has 1 aromatic heterocycles. The van der Waals surface area contributed by atoms with Crippen molar-refractivity contribution in [3.63, 3.8) is 0 Å². The van der Waals surface area contributed by atoms with E-state index in [1.54, 1.807) is 12.1 Å². The highest BCUT2D eigenvalue weighted by Crippen LogP contribution is 2.18. The summed E-state index contributed by atoms with van der Waals surface area (Å²) in [4.78, 5) is 16.1. The summed E-state index contributed by atoms with van der Waals surface area (Å²) in [7, 11) is 0. The van der Waals surface area contributed by atoms with E-state index in [1.807, 2.05) is 5.38 Å². The van der Waals surface area contributed by atoms with Crippen LogP contribution in [0.2, 0.25) is 0 Å². The van der Waals surface area contributed by atoms with E-state index < -0.39 is 11.6 Å². The maximum absolute atomic E-state index is 13.2. The molecule has 0 fully saturated rings. The number of thiophene rings is 1. The van der Waals surface area contributed by atoms with Crippen LogP contribution in [0.4, 0.5) is 14.5 Å². The Labute approximate surface area is 107 Å². The first kappa shape index (κ1) is 12.6. The second kappa shape index (κ2) is 5.64. The second-order valence-electron chi connectivity index (χ2n) is 3.51. The van der Waals surface area contributed by atoms with E-state index in [9.17, 15) is 13.6 Å². The number of ketones is 1. The Bertz CT molecular complexity index is 579. The topological polar surface area (TPSA) is 29.4 Å². The Hall–Kier alpha value is -1.88. The molecule has 0 amide bonds. The van der Waals surface area contributed by atoms with Crippen molar-refractivity contribution in [2.24, 2.45) is 4.99 Å². The van der Waals surface area contributed by atoms with Crippen LogP contribution in [0.25, 0.3) is 0 Å². The fourth-order valence-electron chi connectivity index (χ4n) is 1.35. The smallest absolute Gasteiger partial charge is 0.178 e. The molecule has 0 aliphatic rings. The van der Waals surface area contributed by atoms with Crippen LogP contribution in [0.15, 0.2) is 40.7 Å². The van der Waals surface area contributed by atoms with Crippen molar-refractivity contribution < 1.29 is 13.6 Å². The molecule has 0 N–H and O–H groups in total. The van der Waals surface area contributed by atoms with E-state index in [-0.39, 0.29) is 17.9 Å². The maximum Gasteiger partial charge on any atom is 0.178 e. The summed E-state index contributed by atoms with van der Waals surface area (Å²) in [6, 6.07) is 6.62. The minimum Gasteiger partial charge on any atom is -0.293 e. The number of nitrogens with zero attached hydrogens (tertiary/aromatic N) is 1. The molecule has 2 aromatic rings. The predicted molar refractivity (Wildman–Crippen MR) is 67.8 cm³/mol. The Morgan fingerprint density at radius 1 is 1.33 bits per heavy atom. The highest BCUT2D eigenvalue weighted by atomic mass is 32.1. The van der Waals surface area contributed by atoms with Gasteiger partial charge in [0.1, 0.15) is 5.82 Å². The third kappa shape index (κ3) is 3.07. The molecule has 0 atom stereocenters. The number of hydrogen-bond donors (Lipinski definition) is 0. The minimum absolute atomic E-state index is 0.0235. The van der Waals surface area contributed by atoms with Gasteiger partial charge in [-0.1, -0.05) is 6.07 Å². The Morgan fingerprint density at radius 3 is 2.83 bits per heavy atom. The number of carbonyl (C=O) groups is 1. The molecule has 2 nitrogen and oxygen atoms in total. The monoisotopic (exact) mass is 265 g/mol. The van der Waals surface area contributed by atoms with Crippen molar-refractivity contribution >= 4 is 29.0 Å². The SMILES string of the molecule is O=C(CC=Nc1ccc(F)cc1F)c1cccs1. The highest BCUT2D eigenvalue weighted by molar-refractivity contribution is 7.12. The average molecular weight is 265 g/mol. The van der Waals surface area contributed by atoms with E-state index >= 15 is 0 Å². The van der Waals surface area contributed by atoms with Gasteiger partial charge in [-0.25, -0.2) is 8.78 Å². The van der Waals surface area contributed by atoms with E-state index in [1.165, 1.54) is 23.6 Å². The van der Waals surface area contributed by atoms with Gasteiger partial charge in [0.25, 0.3) is 0 Å². The molecule has 1 aromatic carbocycles. The highest BCUT2D eigenvalue weighted by Gasteiger charge is 2.05. The largest absolute Gasteiger partial charge is 0.293 e. The number of hydrogen-bond acceptors (Lipinski definition) is 3. The summed E-state index contributed by atoms with van der Waals surface area (Å²) in [5.41, 5.74) is 0.0235. The molecule has 0 spiro atoms. The molecule has 92 valence electrons. The predicted octanol–water partition coefficient (Wildman–Crippen LogP) is 4.00. The molecule has 0 radical (unpaired) electrons. The van der Waals surface area contributed by atoms with Gasteiger partial charge in [-0.15, -0.1) is 11.3 Å². The maximum atomic E-state index is 13.2. The normalized spacial score (nSPS) is 11.0. The van der Waals surface area contributed by atoms with Gasteiger partial charge in [0, 0.05) is 18.7 Å². The summed E-state index contributed by atoms with van der Waals surface area (Å²) in [5.74, 6) is -1.47. The zero-order valence-electron chi connectivity index (χ0n) is 9.27. The van der Waals surface area contributed by atoms with E-state index in [2.05, 4.69) is 4.99 Å². The lowest BCUT2D eigenvalue weighted by Gasteiger charge is -1.96. The van der Waals surface area contributed by atoms with Crippen LogP contribution in [-0.4, -0.2) is 12.0 Å². The van der Waals surface area contributed by atoms with E-state index in [0.29, 0.717) is 4.88 Å². The van der Waals surface area contributed by atoms with Crippen molar-refractivity contribution in [1.82, 2.24) is 0 Å². The molecule has 0 bridgehead atoms. The third-order valence-corrected chi connectivity index (χ3v) is 3.12. The molecule has 0 aliphatic heterocycles. The third-order valence-electron chi connectivity index (χ3n) is 2.21. The van der Waals surface area contributed by atoms with Crippen LogP contribution in [0, 0.1) is 11.6 Å². The lowest BCUT2D eigenvalue weighted by Crippen LogP contribution is -1.95. The number of carbonyl (C=O) groups excluding carboxylic acids is 1. The van der Waals surface area contributed by atoms with Crippen LogP contribution < -0.4 is 0 Å². The molecule has 2 rings (SSSR count). The molecular formula is C13H9F2NOS. The van der Waals surface area contributed by atoms with E-state index in [0.717, 1.165) is 12.1 Å². The number of rotatable bonds is 4. The first-order valence-corrected chi connectivity index (χ1v) is 6.09. The Balaban J connectivity index is 2.01. The fraction of sp³-hybridized carbons (Fsp3) is 0.0769. The van der Waals surface area contributed by atoms with Gasteiger partial charge in [-0.05, 0) is 23.6 Å². The first-order valence-electron chi connectivity index (χ1n) is 5.21. The summed E-state index contributed by atoms with van der Waals surface area (Å²) < 4.78 is 25.9. The first-order chi connectivity index (χ1) is 8.66. The van der Waals surface area contributed by atoms with Gasteiger partial charge in [0.05, 0.1) is 10.6 Å². The molecule has 18 heavy (non-hydrogen) atoms. The van der Waals surface area contributed by atoms with Gasteiger partial charge in [-0.2, -0.15) is 0 Å². The fourth-order valence-corrected chi connectivity index (χ4v) is 2.03. The lowest BCUT2D eigenvalue weighted by molar-refractivity contribution is 0.101. The number of halogens is 2. The molecule has 0 aliphatic carbocycles. The summed E-state index contributed by atoms with van der Waals surface area (Å²) in [5, 5.41) is 1.81. The van der Waals surface area contributed by atoms with Crippen molar-refractivity contribution in [2.75, 3.05) is 0 Å². The Morgan fingerprint density at radius 2 is 2.17 bits per heavy atom. The van der Waals surface area contributed by atoms with Gasteiger partial charge in [0.2, 0.25) is 0 Å². The quantitative estimate of drug-likeness (QED) is 0.607. The molecule has 0 unspecified atom stereocenters. The lowest BCUT2D eigenvalue weighted by atomic mass is 10.2. The van der Waals surface area contributed by atoms with Crippen LogP contribution in [-0.2, 0) is 0 Å². The van der Waals surface area contributed by atoms with Crippen molar-refractivity contribution in [1.29, 1.82) is 0 Å². The van der Waals surface area contributed by atoms with Crippen molar-refractivity contribution in [3.8, 4) is 0 Å². The van der Waals surface area contributed by atoms with Crippen LogP contribution in [0.5, 0.6) is 0 Å². The summed E-state index contributed by atoms with van der Waals surface area (Å²) >= 11 is 1.35. The Kier molecular flexibility index (Phi) is 3.94. The van der Waals surface area contributed by atoms with Crippen molar-refractivity contribution in [3.05, 3.63) is 52.2 Å². The average Bonchev–Trinajstić information content (AvgIpc) is 2.85.